The standard InChI is InChI=1S/C8H6Br2N.C5H5N.2ClH.Fe/c1-2-11-8-4-3-6(9)5-7(8)10;1-2-4-6-5-3-1;;;/h3-5H,1H3;1-5H;2*1H;/q-1;;;;+3/p-2. The van der Waals surface area contributed by atoms with Gasteiger partial charge in [-0.1, -0.05) is 49.7 Å². The summed E-state index contributed by atoms with van der Waals surface area (Å²) in [6.45, 7) is 1.77. The van der Waals surface area contributed by atoms with Crippen molar-refractivity contribution in [2.24, 2.45) is 4.99 Å². The Balaban J connectivity index is 0.000000336. The molecule has 0 bridgehead atoms. The second-order valence-electron chi connectivity index (χ2n) is 3.01. The topological polar surface area (TPSA) is 25.2 Å². The van der Waals surface area contributed by atoms with Crippen LogP contribution in [0.15, 0.2) is 62.7 Å². The van der Waals surface area contributed by atoms with Gasteiger partial charge in [0.1, 0.15) is 0 Å². The molecule has 2 nitrogen and oxygen atoms in total. The maximum Gasteiger partial charge on any atom is 0.0267 e. The van der Waals surface area contributed by atoms with Crippen LogP contribution < -0.4 is 0 Å². The Bertz CT molecular complexity index is 472. The summed E-state index contributed by atoms with van der Waals surface area (Å²) in [4.78, 5) is 7.81. The molecule has 0 saturated carbocycles. The first-order valence-corrected chi connectivity index (χ1v) is 9.80. The van der Waals surface area contributed by atoms with Gasteiger partial charge < -0.3 is 4.99 Å². The summed E-state index contributed by atoms with van der Waals surface area (Å²) < 4.78 is 2.01. The average Bonchev–Trinajstić information content (AvgIpc) is 2.46. The Morgan fingerprint density at radius 3 is 2.10 bits per heavy atom. The molecule has 0 amide bonds. The van der Waals surface area contributed by atoms with Gasteiger partial charge in [-0.25, -0.2) is 0 Å². The molecule has 0 atom stereocenters. The second kappa shape index (κ2) is 14.1. The normalized spacial score (nSPS) is 9.25. The Morgan fingerprint density at radius 1 is 1.15 bits per heavy atom. The van der Waals surface area contributed by atoms with Crippen molar-refractivity contribution in [3.63, 3.8) is 0 Å². The van der Waals surface area contributed by atoms with Crippen LogP contribution in [-0.2, 0) is 13.1 Å². The van der Waals surface area contributed by atoms with Gasteiger partial charge in [-0.3, -0.25) is 4.98 Å². The molecule has 1 aromatic carbocycles. The van der Waals surface area contributed by atoms with Crippen LogP contribution in [0.1, 0.15) is 6.92 Å². The molecule has 1 aromatic heterocycles. The molecular weight excluding hydrogens is 471 g/mol. The zero-order chi connectivity index (χ0) is 15.2. The van der Waals surface area contributed by atoms with Crippen LogP contribution in [0.5, 0.6) is 0 Å². The van der Waals surface area contributed by atoms with Gasteiger partial charge in [0.25, 0.3) is 0 Å². The quantitative estimate of drug-likeness (QED) is 0.268. The number of hydrogen-bond acceptors (Lipinski definition) is 2. The van der Waals surface area contributed by atoms with Crippen LogP contribution in [-0.4, -0.2) is 11.2 Å². The van der Waals surface area contributed by atoms with E-state index in [0.29, 0.717) is 0 Å². The van der Waals surface area contributed by atoms with E-state index in [0.717, 1.165) is 14.6 Å². The third-order valence-corrected chi connectivity index (χ3v) is 2.84. The minimum Gasteiger partial charge on any atom is -0.265 e. The van der Waals surface area contributed by atoms with Crippen LogP contribution in [0.25, 0.3) is 0 Å². The van der Waals surface area contributed by atoms with Crippen molar-refractivity contribution >= 4 is 64.0 Å². The number of pyridine rings is 1. The summed E-state index contributed by atoms with van der Waals surface area (Å²) in [6.07, 6.45) is 6.22. The molecule has 0 unspecified atom stereocenters. The van der Waals surface area contributed by atoms with Gasteiger partial charge in [0.2, 0.25) is 0 Å². The van der Waals surface area contributed by atoms with Crippen molar-refractivity contribution in [2.45, 2.75) is 6.92 Å². The van der Waals surface area contributed by atoms with Gasteiger partial charge in [-0.05, 0) is 22.7 Å². The monoisotopic (exact) mass is 479 g/mol. The first-order chi connectivity index (χ1) is 9.65. The van der Waals surface area contributed by atoms with Crippen LogP contribution in [0.3, 0.4) is 0 Å². The molecule has 20 heavy (non-hydrogen) atoms. The van der Waals surface area contributed by atoms with Crippen molar-refractivity contribution in [3.05, 3.63) is 57.7 Å². The predicted molar refractivity (Wildman–Crippen MR) is 90.6 cm³/mol. The minimum absolute atomic E-state index is 0.194. The van der Waals surface area contributed by atoms with E-state index in [1.165, 1.54) is 0 Å². The van der Waals surface area contributed by atoms with Crippen molar-refractivity contribution < 1.29 is 13.1 Å². The van der Waals surface area contributed by atoms with E-state index in [4.69, 9.17) is 20.2 Å². The fourth-order valence-electron chi connectivity index (χ4n) is 1.00. The number of aromatic nitrogens is 1. The predicted octanol–water partition coefficient (Wildman–Crippen LogP) is 6.27. The van der Waals surface area contributed by atoms with Crippen LogP contribution in [0.2, 0.25) is 0 Å². The SMILES string of the molecule is C[C-]=Nc1ccc(Br)cc1Br.[Cl][Fe+][Cl].c1ccncc1. The molecule has 0 aliphatic carbocycles. The van der Waals surface area contributed by atoms with Crippen molar-refractivity contribution in [1.82, 2.24) is 4.98 Å². The molecule has 0 fully saturated rings. The summed E-state index contributed by atoms with van der Waals surface area (Å²) in [5.41, 5.74) is 0.899. The number of rotatable bonds is 1. The zero-order valence-corrected chi connectivity index (χ0v) is 16.2. The largest absolute Gasteiger partial charge is 0.265 e. The smallest absolute Gasteiger partial charge is 0.0267 e. The minimum atomic E-state index is 0.194. The van der Waals surface area contributed by atoms with E-state index < -0.39 is 0 Å². The summed E-state index contributed by atoms with van der Waals surface area (Å²) in [5, 5.41) is 0. The first kappa shape index (κ1) is 20.1. The number of hydrogen-bond donors (Lipinski definition) is 0. The van der Waals surface area contributed by atoms with E-state index >= 15 is 0 Å². The Hall–Kier alpha value is 0.0995. The van der Waals surface area contributed by atoms with Crippen LogP contribution >= 0.6 is 52.1 Å². The van der Waals surface area contributed by atoms with E-state index in [2.05, 4.69) is 48.1 Å². The molecular formula is C13H11Br2Cl2FeN2. The summed E-state index contributed by atoms with van der Waals surface area (Å²) in [6, 6.07) is 11.5. The molecule has 109 valence electrons. The molecule has 0 aliphatic heterocycles. The Morgan fingerprint density at radius 2 is 1.75 bits per heavy atom. The Kier molecular flexibility index (Phi) is 14.1. The zero-order valence-electron chi connectivity index (χ0n) is 10.4. The number of halogens is 4. The second-order valence-corrected chi connectivity index (χ2v) is 6.60. The van der Waals surface area contributed by atoms with Crippen molar-refractivity contribution in [3.8, 4) is 0 Å². The summed E-state index contributed by atoms with van der Waals surface area (Å²) in [5.74, 6) is 0. The first-order valence-electron chi connectivity index (χ1n) is 5.18. The summed E-state index contributed by atoms with van der Waals surface area (Å²) >= 11 is 6.93. The molecule has 0 radical (unpaired) electrons. The molecule has 0 spiro atoms. The third kappa shape index (κ3) is 10.8. The number of benzene rings is 1. The van der Waals surface area contributed by atoms with Crippen LogP contribution in [0.4, 0.5) is 5.69 Å². The van der Waals surface area contributed by atoms with Gasteiger partial charge in [0.15, 0.2) is 0 Å². The average molecular weight is 482 g/mol. The van der Waals surface area contributed by atoms with Crippen LogP contribution in [0, 0.1) is 0 Å². The van der Waals surface area contributed by atoms with E-state index in [-0.39, 0.29) is 13.1 Å². The maximum atomic E-state index is 4.76. The fourth-order valence-corrected chi connectivity index (χ4v) is 2.14. The molecule has 2 rings (SSSR count). The fraction of sp³-hybridized carbons (Fsp3) is 0.0769. The molecule has 7 heteroatoms. The molecule has 0 aliphatic rings. The molecule has 1 heterocycles. The van der Waals surface area contributed by atoms with E-state index in [1.54, 1.807) is 19.3 Å². The Labute approximate surface area is 150 Å². The van der Waals surface area contributed by atoms with E-state index in [9.17, 15) is 0 Å². The van der Waals surface area contributed by atoms with Gasteiger partial charge in [-0.15, -0.1) is 13.0 Å². The molecule has 0 saturated heterocycles. The maximum absolute atomic E-state index is 4.76. The third-order valence-electron chi connectivity index (χ3n) is 1.71. The van der Waals surface area contributed by atoms with Gasteiger partial charge >= 0.3 is 33.3 Å². The van der Waals surface area contributed by atoms with Gasteiger partial charge in [-0.2, -0.15) is 6.21 Å². The van der Waals surface area contributed by atoms with Gasteiger partial charge in [0, 0.05) is 16.9 Å². The van der Waals surface area contributed by atoms with Crippen molar-refractivity contribution in [1.29, 1.82) is 0 Å². The van der Waals surface area contributed by atoms with E-state index in [1.807, 2.05) is 36.4 Å². The summed E-state index contributed by atoms with van der Waals surface area (Å²) in [7, 11) is 9.53. The molecule has 2 aromatic rings. The molecule has 0 N–H and O–H groups in total. The number of nitrogens with zero attached hydrogens (tertiary/aromatic N) is 2. The number of aliphatic imine (C=N–C) groups is 1. The van der Waals surface area contributed by atoms with Crippen molar-refractivity contribution in [2.75, 3.05) is 0 Å². The van der Waals surface area contributed by atoms with Gasteiger partial charge in [0.05, 0.1) is 0 Å².